The highest BCUT2D eigenvalue weighted by atomic mass is 35.5. The second-order valence-electron chi connectivity index (χ2n) is 3.30. The lowest BCUT2D eigenvalue weighted by molar-refractivity contribution is 0.568. The number of nitrogens with one attached hydrogen (secondary N) is 1. The zero-order chi connectivity index (χ0) is 11.5. The van der Waals surface area contributed by atoms with E-state index in [1.165, 1.54) is 0 Å². The fourth-order valence-corrected chi connectivity index (χ4v) is 2.24. The molecule has 0 aliphatic rings. The summed E-state index contributed by atoms with van der Waals surface area (Å²) in [5, 5.41) is 0.607. The van der Waals surface area contributed by atoms with Gasteiger partial charge in [0.25, 0.3) is 0 Å². The zero-order valence-electron chi connectivity index (χ0n) is 8.70. The minimum atomic E-state index is -3.17. The molecule has 0 aliphatic heterocycles. The largest absolute Gasteiger partial charge is 0.212 e. The molecule has 0 amide bonds. The number of rotatable bonds is 4. The Labute approximate surface area is 95.5 Å². The monoisotopic (exact) mass is 247 g/mol. The first-order chi connectivity index (χ1) is 6.94. The third kappa shape index (κ3) is 3.81. The van der Waals surface area contributed by atoms with Crippen molar-refractivity contribution >= 4 is 21.6 Å². The smallest absolute Gasteiger partial charge is 0.211 e. The first-order valence-electron chi connectivity index (χ1n) is 4.70. The van der Waals surface area contributed by atoms with Gasteiger partial charge in [-0.3, -0.25) is 0 Å². The van der Waals surface area contributed by atoms with Crippen LogP contribution in [0.4, 0.5) is 0 Å². The SMILES string of the molecule is CCS(=O)(=O)NC(C)c1cccc(Cl)c1. The predicted octanol–water partition coefficient (Wildman–Crippen LogP) is 2.34. The molecule has 1 unspecified atom stereocenters. The van der Waals surface area contributed by atoms with Gasteiger partial charge in [0.1, 0.15) is 0 Å². The van der Waals surface area contributed by atoms with Gasteiger partial charge in [0.2, 0.25) is 10.0 Å². The van der Waals surface area contributed by atoms with Gasteiger partial charge in [0.05, 0.1) is 5.75 Å². The molecular formula is C10H14ClNO2S. The molecule has 1 atom stereocenters. The maximum absolute atomic E-state index is 11.3. The van der Waals surface area contributed by atoms with E-state index >= 15 is 0 Å². The molecule has 1 aromatic rings. The van der Waals surface area contributed by atoms with Gasteiger partial charge >= 0.3 is 0 Å². The third-order valence-electron chi connectivity index (χ3n) is 2.09. The maximum Gasteiger partial charge on any atom is 0.211 e. The van der Waals surface area contributed by atoms with E-state index in [0.29, 0.717) is 5.02 Å². The Morgan fingerprint density at radius 1 is 1.47 bits per heavy atom. The molecule has 0 spiro atoms. The number of halogens is 1. The molecule has 1 N–H and O–H groups in total. The first-order valence-corrected chi connectivity index (χ1v) is 6.73. The summed E-state index contributed by atoms with van der Waals surface area (Å²) in [5.41, 5.74) is 0.861. The predicted molar refractivity (Wildman–Crippen MR) is 62.5 cm³/mol. The van der Waals surface area contributed by atoms with Gasteiger partial charge in [0, 0.05) is 11.1 Å². The Bertz CT molecular complexity index is 431. The van der Waals surface area contributed by atoms with Gasteiger partial charge in [-0.05, 0) is 31.5 Å². The number of hydrogen-bond acceptors (Lipinski definition) is 2. The Balaban J connectivity index is 2.82. The lowest BCUT2D eigenvalue weighted by atomic mass is 10.1. The number of hydrogen-bond donors (Lipinski definition) is 1. The van der Waals surface area contributed by atoms with Gasteiger partial charge in [-0.2, -0.15) is 0 Å². The van der Waals surface area contributed by atoms with Crippen molar-refractivity contribution in [2.75, 3.05) is 5.75 Å². The van der Waals surface area contributed by atoms with Crippen LogP contribution in [0.25, 0.3) is 0 Å². The van der Waals surface area contributed by atoms with Gasteiger partial charge < -0.3 is 0 Å². The fraction of sp³-hybridized carbons (Fsp3) is 0.400. The van der Waals surface area contributed by atoms with Crippen LogP contribution in [0.15, 0.2) is 24.3 Å². The Morgan fingerprint density at radius 3 is 2.67 bits per heavy atom. The molecule has 0 aromatic heterocycles. The molecule has 5 heteroatoms. The average molecular weight is 248 g/mol. The van der Waals surface area contributed by atoms with Crippen molar-refractivity contribution in [2.24, 2.45) is 0 Å². The number of sulfonamides is 1. The van der Waals surface area contributed by atoms with Gasteiger partial charge in [-0.1, -0.05) is 23.7 Å². The quantitative estimate of drug-likeness (QED) is 0.888. The van der Waals surface area contributed by atoms with Gasteiger partial charge in [0.15, 0.2) is 0 Å². The summed E-state index contributed by atoms with van der Waals surface area (Å²) in [7, 11) is -3.17. The summed E-state index contributed by atoms with van der Waals surface area (Å²) < 4.78 is 25.2. The van der Waals surface area contributed by atoms with E-state index in [4.69, 9.17) is 11.6 Å². The molecule has 3 nitrogen and oxygen atoms in total. The van der Waals surface area contributed by atoms with Crippen LogP contribution in [-0.4, -0.2) is 14.2 Å². The van der Waals surface area contributed by atoms with Crippen LogP contribution in [0.3, 0.4) is 0 Å². The van der Waals surface area contributed by atoms with E-state index in [2.05, 4.69) is 4.72 Å². The van der Waals surface area contributed by atoms with Gasteiger partial charge in [-0.15, -0.1) is 0 Å². The summed E-state index contributed by atoms with van der Waals surface area (Å²) in [6.45, 7) is 3.39. The first kappa shape index (κ1) is 12.5. The normalized spacial score (nSPS) is 13.8. The summed E-state index contributed by atoms with van der Waals surface area (Å²) in [5.74, 6) is 0.0813. The summed E-state index contributed by atoms with van der Waals surface area (Å²) >= 11 is 5.82. The standard InChI is InChI=1S/C10H14ClNO2S/c1-3-15(13,14)12-8(2)9-5-4-6-10(11)7-9/h4-8,12H,3H2,1-2H3. The van der Waals surface area contributed by atoms with Crippen molar-refractivity contribution in [1.29, 1.82) is 0 Å². The minimum absolute atomic E-state index is 0.0813. The van der Waals surface area contributed by atoms with Gasteiger partial charge in [-0.25, -0.2) is 13.1 Å². The van der Waals surface area contributed by atoms with Crippen LogP contribution in [0.1, 0.15) is 25.5 Å². The van der Waals surface area contributed by atoms with Crippen LogP contribution in [0, 0.1) is 0 Å². The molecule has 0 bridgehead atoms. The van der Waals surface area contributed by atoms with Crippen LogP contribution in [-0.2, 0) is 10.0 Å². The summed E-state index contributed by atoms with van der Waals surface area (Å²) in [6, 6.07) is 6.90. The molecule has 0 saturated carbocycles. The molecule has 0 aliphatic carbocycles. The van der Waals surface area contributed by atoms with Crippen LogP contribution >= 0.6 is 11.6 Å². The Hall–Kier alpha value is -0.580. The van der Waals surface area contributed by atoms with E-state index in [0.717, 1.165) is 5.56 Å². The average Bonchev–Trinajstić information content (AvgIpc) is 2.17. The summed E-state index contributed by atoms with van der Waals surface area (Å²) in [6.07, 6.45) is 0. The molecule has 15 heavy (non-hydrogen) atoms. The highest BCUT2D eigenvalue weighted by Gasteiger charge is 2.13. The molecule has 84 valence electrons. The highest BCUT2D eigenvalue weighted by molar-refractivity contribution is 7.89. The van der Waals surface area contributed by atoms with Crippen molar-refractivity contribution in [3.05, 3.63) is 34.9 Å². The molecule has 0 saturated heterocycles. The zero-order valence-corrected chi connectivity index (χ0v) is 10.3. The minimum Gasteiger partial charge on any atom is -0.212 e. The third-order valence-corrected chi connectivity index (χ3v) is 3.79. The van der Waals surface area contributed by atoms with E-state index in [1.54, 1.807) is 32.0 Å². The van der Waals surface area contributed by atoms with Crippen molar-refractivity contribution in [2.45, 2.75) is 19.9 Å². The molecule has 1 aromatic carbocycles. The fourth-order valence-electron chi connectivity index (χ4n) is 1.20. The number of benzene rings is 1. The lowest BCUT2D eigenvalue weighted by Gasteiger charge is -2.13. The molecule has 0 radical (unpaired) electrons. The Kier molecular flexibility index (Phi) is 4.13. The highest BCUT2D eigenvalue weighted by Crippen LogP contribution is 2.17. The lowest BCUT2D eigenvalue weighted by Crippen LogP contribution is -2.28. The second kappa shape index (κ2) is 4.96. The summed E-state index contributed by atoms with van der Waals surface area (Å²) in [4.78, 5) is 0. The maximum atomic E-state index is 11.3. The molecule has 0 heterocycles. The van der Waals surface area contributed by atoms with E-state index in [1.807, 2.05) is 6.07 Å². The van der Waals surface area contributed by atoms with E-state index in [9.17, 15) is 8.42 Å². The molecular weight excluding hydrogens is 234 g/mol. The van der Waals surface area contributed by atoms with Crippen LogP contribution in [0.5, 0.6) is 0 Å². The van der Waals surface area contributed by atoms with Crippen LogP contribution in [0.2, 0.25) is 5.02 Å². The topological polar surface area (TPSA) is 46.2 Å². The van der Waals surface area contributed by atoms with Crippen molar-refractivity contribution in [3.8, 4) is 0 Å². The van der Waals surface area contributed by atoms with Crippen molar-refractivity contribution in [3.63, 3.8) is 0 Å². The van der Waals surface area contributed by atoms with Crippen molar-refractivity contribution in [1.82, 2.24) is 4.72 Å². The van der Waals surface area contributed by atoms with Crippen molar-refractivity contribution < 1.29 is 8.42 Å². The van der Waals surface area contributed by atoms with E-state index < -0.39 is 10.0 Å². The second-order valence-corrected chi connectivity index (χ2v) is 5.78. The Morgan fingerprint density at radius 2 is 2.13 bits per heavy atom. The molecule has 1 rings (SSSR count). The molecule has 0 fully saturated rings. The van der Waals surface area contributed by atoms with Crippen LogP contribution < -0.4 is 4.72 Å². The van der Waals surface area contributed by atoms with E-state index in [-0.39, 0.29) is 11.8 Å².